The van der Waals surface area contributed by atoms with Crippen LogP contribution >= 0.6 is 44.1 Å². The lowest BCUT2D eigenvalue weighted by Crippen LogP contribution is -2.48. The first-order chi connectivity index (χ1) is 14.8. The number of ether oxygens (including phenoxy) is 1. The number of hydrogen-bond donors (Lipinski definition) is 3. The molecule has 0 aliphatic rings. The number of hydrazine groups is 1. The van der Waals surface area contributed by atoms with Gasteiger partial charge in [0.25, 0.3) is 11.8 Å². The number of aryl methyl sites for hydroxylation is 1. The van der Waals surface area contributed by atoms with Gasteiger partial charge in [0.1, 0.15) is 5.75 Å². The maximum absolute atomic E-state index is 12.4. The summed E-state index contributed by atoms with van der Waals surface area (Å²) in [5, 5.41) is 2.52. The molecule has 0 atom stereocenters. The van der Waals surface area contributed by atoms with E-state index in [0.717, 1.165) is 22.9 Å². The summed E-state index contributed by atoms with van der Waals surface area (Å²) in [7, 11) is 0. The van der Waals surface area contributed by atoms with Crippen molar-refractivity contribution in [2.45, 2.75) is 39.5 Å². The van der Waals surface area contributed by atoms with Crippen LogP contribution < -0.4 is 20.9 Å². The maximum atomic E-state index is 12.4. The van der Waals surface area contributed by atoms with Crippen LogP contribution in [0.4, 0.5) is 0 Å². The van der Waals surface area contributed by atoms with Gasteiger partial charge in [-0.15, -0.1) is 0 Å². The molecule has 166 valence electrons. The largest absolute Gasteiger partial charge is 0.492 e. The van der Waals surface area contributed by atoms with E-state index in [9.17, 15) is 9.59 Å². The summed E-state index contributed by atoms with van der Waals surface area (Å²) < 4.78 is 7.27. The van der Waals surface area contributed by atoms with Crippen molar-refractivity contribution >= 4 is 61.0 Å². The second-order valence-electron chi connectivity index (χ2n) is 6.88. The van der Waals surface area contributed by atoms with Crippen molar-refractivity contribution in [2.75, 3.05) is 6.61 Å². The Morgan fingerprint density at radius 1 is 0.935 bits per heavy atom. The van der Waals surface area contributed by atoms with Crippen LogP contribution in [-0.2, 0) is 0 Å². The summed E-state index contributed by atoms with van der Waals surface area (Å²) in [6.07, 6.45) is 4.50. The minimum absolute atomic E-state index is 0.0168. The Balaban J connectivity index is 1.83. The molecule has 2 aromatic carbocycles. The van der Waals surface area contributed by atoms with Crippen molar-refractivity contribution in [3.05, 3.63) is 62.0 Å². The van der Waals surface area contributed by atoms with Crippen LogP contribution in [0, 0.1) is 6.92 Å². The molecule has 0 aromatic heterocycles. The van der Waals surface area contributed by atoms with E-state index in [1.54, 1.807) is 30.3 Å². The SMILES string of the molecule is CCCCCCOc1ccc(C(=O)NC(=S)NNC(=O)c2ccc(C)c(Br)c2)cc1Br. The van der Waals surface area contributed by atoms with Crippen molar-refractivity contribution < 1.29 is 14.3 Å². The van der Waals surface area contributed by atoms with Gasteiger partial charge in [-0.25, -0.2) is 0 Å². The van der Waals surface area contributed by atoms with Gasteiger partial charge in [-0.1, -0.05) is 48.2 Å². The molecule has 2 rings (SSSR count). The number of carbonyl (C=O) groups excluding carboxylic acids is 2. The molecule has 0 heterocycles. The van der Waals surface area contributed by atoms with E-state index in [0.29, 0.717) is 28.0 Å². The first kappa shape index (κ1) is 25.3. The molecule has 2 aromatic rings. The Hall–Kier alpha value is -1.97. The van der Waals surface area contributed by atoms with E-state index in [1.807, 2.05) is 13.0 Å². The summed E-state index contributed by atoms with van der Waals surface area (Å²) in [5.74, 6) is -0.0919. The normalized spacial score (nSPS) is 10.3. The van der Waals surface area contributed by atoms with Gasteiger partial charge >= 0.3 is 0 Å². The average Bonchev–Trinajstić information content (AvgIpc) is 2.74. The zero-order chi connectivity index (χ0) is 22.8. The number of rotatable bonds is 8. The van der Waals surface area contributed by atoms with E-state index >= 15 is 0 Å². The van der Waals surface area contributed by atoms with Gasteiger partial charge < -0.3 is 4.74 Å². The monoisotopic (exact) mass is 569 g/mol. The van der Waals surface area contributed by atoms with Crippen LogP contribution in [0.15, 0.2) is 45.3 Å². The van der Waals surface area contributed by atoms with Gasteiger partial charge in [-0.2, -0.15) is 0 Å². The quantitative estimate of drug-likeness (QED) is 0.224. The smallest absolute Gasteiger partial charge is 0.269 e. The minimum Gasteiger partial charge on any atom is -0.492 e. The van der Waals surface area contributed by atoms with Crippen LogP contribution in [0.5, 0.6) is 5.75 Å². The van der Waals surface area contributed by atoms with E-state index in [1.165, 1.54) is 12.8 Å². The molecule has 0 aliphatic carbocycles. The highest BCUT2D eigenvalue weighted by Crippen LogP contribution is 2.26. The van der Waals surface area contributed by atoms with Gasteiger partial charge in [-0.3, -0.25) is 25.8 Å². The molecule has 0 bridgehead atoms. The molecule has 0 spiro atoms. The topological polar surface area (TPSA) is 79.5 Å². The molecule has 0 unspecified atom stereocenters. The molecular weight excluding hydrogens is 546 g/mol. The predicted molar refractivity (Wildman–Crippen MR) is 133 cm³/mol. The van der Waals surface area contributed by atoms with Crippen LogP contribution in [0.1, 0.15) is 58.9 Å². The first-order valence-corrected chi connectivity index (χ1v) is 11.9. The molecule has 9 heteroatoms. The molecule has 0 fully saturated rings. The highest BCUT2D eigenvalue weighted by atomic mass is 79.9. The molecule has 31 heavy (non-hydrogen) atoms. The zero-order valence-electron chi connectivity index (χ0n) is 17.4. The van der Waals surface area contributed by atoms with E-state index in [4.69, 9.17) is 17.0 Å². The van der Waals surface area contributed by atoms with Crippen molar-refractivity contribution in [2.24, 2.45) is 0 Å². The average molecular weight is 571 g/mol. The van der Waals surface area contributed by atoms with Crippen LogP contribution in [0.25, 0.3) is 0 Å². The van der Waals surface area contributed by atoms with E-state index in [-0.39, 0.29) is 11.0 Å². The fraction of sp³-hybridized carbons (Fsp3) is 0.318. The van der Waals surface area contributed by atoms with Crippen LogP contribution in [-0.4, -0.2) is 23.5 Å². The number of thiocarbonyl (C=S) groups is 1. The Morgan fingerprint density at radius 2 is 1.61 bits per heavy atom. The third-order valence-electron chi connectivity index (χ3n) is 4.40. The molecule has 2 amide bonds. The summed E-state index contributed by atoms with van der Waals surface area (Å²) in [6.45, 7) is 4.73. The zero-order valence-corrected chi connectivity index (χ0v) is 21.4. The van der Waals surface area contributed by atoms with Crippen molar-refractivity contribution in [1.82, 2.24) is 16.2 Å². The molecule has 0 aliphatic heterocycles. The van der Waals surface area contributed by atoms with Gasteiger partial charge in [-0.05, 0) is 77.4 Å². The molecule has 0 saturated carbocycles. The van der Waals surface area contributed by atoms with Crippen molar-refractivity contribution in [1.29, 1.82) is 0 Å². The Bertz CT molecular complexity index is 954. The summed E-state index contributed by atoms with van der Waals surface area (Å²) >= 11 is 11.9. The van der Waals surface area contributed by atoms with Gasteiger partial charge in [0, 0.05) is 15.6 Å². The number of hydrogen-bond acceptors (Lipinski definition) is 4. The fourth-order valence-electron chi connectivity index (χ4n) is 2.60. The third-order valence-corrected chi connectivity index (χ3v) is 6.08. The summed E-state index contributed by atoms with van der Waals surface area (Å²) in [5.41, 5.74) is 6.88. The lowest BCUT2D eigenvalue weighted by atomic mass is 10.1. The Labute approximate surface area is 204 Å². The number of unbranched alkanes of at least 4 members (excludes halogenated alkanes) is 3. The molecule has 0 radical (unpaired) electrons. The van der Waals surface area contributed by atoms with E-state index < -0.39 is 5.91 Å². The molecular formula is C22H25Br2N3O3S. The standard InChI is InChI=1S/C22H25Br2N3O3S/c1-3-4-5-6-11-30-19-10-9-15(13-18(19)24)20(28)25-22(31)27-26-21(29)16-8-7-14(2)17(23)12-16/h7-10,12-13H,3-6,11H2,1-2H3,(H,26,29)(H2,25,27,28,31). The van der Waals surface area contributed by atoms with Gasteiger partial charge in [0.15, 0.2) is 5.11 Å². The number of amides is 2. The Kier molecular flexibility index (Phi) is 10.4. The maximum Gasteiger partial charge on any atom is 0.269 e. The number of benzene rings is 2. The van der Waals surface area contributed by atoms with Crippen LogP contribution in [0.3, 0.4) is 0 Å². The predicted octanol–water partition coefficient (Wildman–Crippen LogP) is 5.43. The molecule has 3 N–H and O–H groups in total. The minimum atomic E-state index is -0.403. The lowest BCUT2D eigenvalue weighted by Gasteiger charge is -2.12. The first-order valence-electron chi connectivity index (χ1n) is 9.92. The lowest BCUT2D eigenvalue weighted by molar-refractivity contribution is 0.0934. The van der Waals surface area contributed by atoms with Crippen molar-refractivity contribution in [3.8, 4) is 5.75 Å². The molecule has 6 nitrogen and oxygen atoms in total. The Morgan fingerprint density at radius 3 is 2.29 bits per heavy atom. The van der Waals surface area contributed by atoms with E-state index in [2.05, 4.69) is 55.0 Å². The van der Waals surface area contributed by atoms with Gasteiger partial charge in [0.05, 0.1) is 11.1 Å². The molecule has 0 saturated heterocycles. The highest BCUT2D eigenvalue weighted by Gasteiger charge is 2.12. The van der Waals surface area contributed by atoms with Gasteiger partial charge in [0.2, 0.25) is 0 Å². The number of carbonyl (C=O) groups is 2. The fourth-order valence-corrected chi connectivity index (χ4v) is 3.61. The summed E-state index contributed by atoms with van der Waals surface area (Å²) in [6, 6.07) is 10.3. The third kappa shape index (κ3) is 8.23. The highest BCUT2D eigenvalue weighted by molar-refractivity contribution is 9.10. The second kappa shape index (κ2) is 12.8. The summed E-state index contributed by atoms with van der Waals surface area (Å²) in [4.78, 5) is 24.6. The number of halogens is 2. The number of nitrogens with one attached hydrogen (secondary N) is 3. The van der Waals surface area contributed by atoms with Crippen molar-refractivity contribution in [3.63, 3.8) is 0 Å². The second-order valence-corrected chi connectivity index (χ2v) is 9.00. The van der Waals surface area contributed by atoms with Crippen LogP contribution in [0.2, 0.25) is 0 Å².